The molecule has 2 aromatic carbocycles. The highest BCUT2D eigenvalue weighted by atomic mass is 32.2. The summed E-state index contributed by atoms with van der Waals surface area (Å²) in [6, 6.07) is 9.79. The Balaban J connectivity index is 2.21. The fraction of sp³-hybridized carbons (Fsp3) is 0.250. The van der Waals surface area contributed by atoms with Crippen LogP contribution in [-0.2, 0) is 19.6 Å². The molecule has 2 aromatic rings. The summed E-state index contributed by atoms with van der Waals surface area (Å²) >= 11 is 0. The van der Waals surface area contributed by atoms with Crippen molar-refractivity contribution in [3.05, 3.63) is 58.9 Å². The number of sulfonamides is 1. The van der Waals surface area contributed by atoms with Gasteiger partial charge < -0.3 is 9.64 Å². The number of amides is 1. The molecule has 2 rings (SSSR count). The number of carbonyl (C=O) groups is 2. The summed E-state index contributed by atoms with van der Waals surface area (Å²) in [4.78, 5) is 25.7. The second-order valence-electron chi connectivity index (χ2n) is 6.56. The number of nitrogens with two attached hydrogens (primary N) is 1. The number of esters is 1. The Morgan fingerprint density at radius 2 is 1.80 bits per heavy atom. The number of primary sulfonamides is 1. The minimum atomic E-state index is -4.16. The van der Waals surface area contributed by atoms with E-state index in [2.05, 4.69) is 0 Å². The van der Waals surface area contributed by atoms with Gasteiger partial charge in [-0.25, -0.2) is 22.7 Å². The third-order valence-corrected chi connectivity index (χ3v) is 4.99. The maximum atomic E-state index is 13.9. The highest BCUT2D eigenvalue weighted by Crippen LogP contribution is 2.20. The van der Waals surface area contributed by atoms with E-state index < -0.39 is 44.8 Å². The zero-order chi connectivity index (χ0) is 22.5. The molecule has 0 heterocycles. The molecule has 0 unspecified atom stereocenters. The minimum absolute atomic E-state index is 0.0533. The Bertz CT molecular complexity index is 1110. The van der Waals surface area contributed by atoms with Crippen molar-refractivity contribution in [2.45, 2.75) is 25.2 Å². The molecule has 0 aliphatic rings. The van der Waals surface area contributed by atoms with Gasteiger partial charge in [-0.05, 0) is 55.3 Å². The van der Waals surface area contributed by atoms with Gasteiger partial charge in [0, 0.05) is 12.2 Å². The first-order valence-corrected chi connectivity index (χ1v) is 10.3. The molecule has 0 aliphatic carbocycles. The van der Waals surface area contributed by atoms with Crippen LogP contribution in [0, 0.1) is 31.0 Å². The molecule has 0 spiro atoms. The number of hydrogen-bond donors (Lipinski definition) is 1. The number of nitriles is 1. The predicted octanol–water partition coefficient (Wildman–Crippen LogP) is 2.19. The summed E-state index contributed by atoms with van der Waals surface area (Å²) in [7, 11) is -4.16. The predicted molar refractivity (Wildman–Crippen MR) is 107 cm³/mol. The first-order chi connectivity index (χ1) is 14.0. The molecule has 158 valence electrons. The first-order valence-electron chi connectivity index (χ1n) is 8.78. The molecule has 30 heavy (non-hydrogen) atoms. The summed E-state index contributed by atoms with van der Waals surface area (Å²) in [5, 5.41) is 13.9. The van der Waals surface area contributed by atoms with E-state index >= 15 is 0 Å². The summed E-state index contributed by atoms with van der Waals surface area (Å²) in [6.07, 6.45) is 0.0533. The number of halogens is 1. The van der Waals surface area contributed by atoms with Crippen molar-refractivity contribution in [2.24, 2.45) is 5.14 Å². The van der Waals surface area contributed by atoms with Crippen LogP contribution in [0.4, 0.5) is 10.1 Å². The van der Waals surface area contributed by atoms with Gasteiger partial charge in [0.25, 0.3) is 5.91 Å². The van der Waals surface area contributed by atoms with Crippen molar-refractivity contribution in [3.63, 3.8) is 0 Å². The molecule has 0 aliphatic heterocycles. The summed E-state index contributed by atoms with van der Waals surface area (Å²) in [5.41, 5.74) is 1.67. The lowest BCUT2D eigenvalue weighted by Crippen LogP contribution is -2.35. The molecule has 2 N–H and O–H groups in total. The molecule has 0 radical (unpaired) electrons. The topological polar surface area (TPSA) is 131 Å². The van der Waals surface area contributed by atoms with Gasteiger partial charge in [0.15, 0.2) is 6.61 Å². The number of carbonyl (C=O) groups excluding carboxylic acids is 2. The minimum Gasteiger partial charge on any atom is -0.452 e. The van der Waals surface area contributed by atoms with Crippen LogP contribution in [0.1, 0.15) is 27.9 Å². The van der Waals surface area contributed by atoms with E-state index in [1.807, 2.05) is 26.0 Å². The van der Waals surface area contributed by atoms with Crippen molar-refractivity contribution >= 4 is 27.6 Å². The SMILES string of the molecule is Cc1cc(C)cc(N(CCC#N)C(=O)COC(=O)c2cc(S(N)(=O)=O)ccc2F)c1. The van der Waals surface area contributed by atoms with Gasteiger partial charge in [0.05, 0.1) is 22.9 Å². The van der Waals surface area contributed by atoms with Crippen LogP contribution in [0.15, 0.2) is 41.3 Å². The van der Waals surface area contributed by atoms with Gasteiger partial charge >= 0.3 is 5.97 Å². The van der Waals surface area contributed by atoms with Gasteiger partial charge in [-0.2, -0.15) is 5.26 Å². The second kappa shape index (κ2) is 9.47. The van der Waals surface area contributed by atoms with E-state index in [4.69, 9.17) is 15.1 Å². The van der Waals surface area contributed by atoms with E-state index in [0.717, 1.165) is 29.3 Å². The summed E-state index contributed by atoms with van der Waals surface area (Å²) < 4.78 is 41.6. The van der Waals surface area contributed by atoms with Crippen molar-refractivity contribution in [1.82, 2.24) is 0 Å². The van der Waals surface area contributed by atoms with Gasteiger partial charge in [-0.15, -0.1) is 0 Å². The smallest absolute Gasteiger partial charge is 0.341 e. The number of rotatable bonds is 7. The third-order valence-electron chi connectivity index (χ3n) is 4.08. The van der Waals surface area contributed by atoms with Crippen molar-refractivity contribution < 1.29 is 27.1 Å². The summed E-state index contributed by atoms with van der Waals surface area (Å²) in [5.74, 6) is -2.85. The Kier molecular flexibility index (Phi) is 7.26. The average Bonchev–Trinajstić information content (AvgIpc) is 2.65. The lowest BCUT2D eigenvalue weighted by Gasteiger charge is -2.22. The zero-order valence-corrected chi connectivity index (χ0v) is 17.2. The van der Waals surface area contributed by atoms with Crippen LogP contribution >= 0.6 is 0 Å². The molecule has 1 amide bonds. The lowest BCUT2D eigenvalue weighted by atomic mass is 10.1. The molecule has 0 aromatic heterocycles. The van der Waals surface area contributed by atoms with E-state index in [1.54, 1.807) is 12.1 Å². The van der Waals surface area contributed by atoms with E-state index in [0.29, 0.717) is 5.69 Å². The van der Waals surface area contributed by atoms with Crippen LogP contribution in [0.5, 0.6) is 0 Å². The van der Waals surface area contributed by atoms with Crippen molar-refractivity contribution in [2.75, 3.05) is 18.1 Å². The van der Waals surface area contributed by atoms with Gasteiger partial charge in [0.2, 0.25) is 10.0 Å². The monoisotopic (exact) mass is 433 g/mol. The van der Waals surface area contributed by atoms with Crippen LogP contribution < -0.4 is 10.0 Å². The average molecular weight is 433 g/mol. The Hall–Kier alpha value is -3.29. The molecule has 0 atom stereocenters. The Morgan fingerprint density at radius 3 is 2.37 bits per heavy atom. The molecular formula is C20H20FN3O5S. The van der Waals surface area contributed by atoms with Crippen LogP contribution in [0.2, 0.25) is 0 Å². The van der Waals surface area contributed by atoms with E-state index in [-0.39, 0.29) is 13.0 Å². The van der Waals surface area contributed by atoms with Crippen LogP contribution in [0.3, 0.4) is 0 Å². The van der Waals surface area contributed by atoms with Gasteiger partial charge in [0.1, 0.15) is 5.82 Å². The van der Waals surface area contributed by atoms with Gasteiger partial charge in [-0.3, -0.25) is 4.79 Å². The molecule has 0 saturated carbocycles. The Labute approximate surface area is 173 Å². The zero-order valence-electron chi connectivity index (χ0n) is 16.4. The molecule has 8 nitrogen and oxygen atoms in total. The first kappa shape index (κ1) is 23.0. The number of nitrogens with zero attached hydrogens (tertiary/aromatic N) is 2. The molecule has 10 heteroatoms. The number of ether oxygens (including phenoxy) is 1. The molecule has 0 saturated heterocycles. The fourth-order valence-electron chi connectivity index (χ4n) is 2.79. The van der Waals surface area contributed by atoms with Crippen LogP contribution in [0.25, 0.3) is 0 Å². The molecular weight excluding hydrogens is 413 g/mol. The normalized spacial score (nSPS) is 10.9. The van der Waals surface area contributed by atoms with E-state index in [9.17, 15) is 22.4 Å². The third kappa shape index (κ3) is 5.85. The number of hydrogen-bond acceptors (Lipinski definition) is 6. The number of benzene rings is 2. The molecule has 0 fully saturated rings. The second-order valence-corrected chi connectivity index (χ2v) is 8.12. The molecule has 0 bridgehead atoms. The fourth-order valence-corrected chi connectivity index (χ4v) is 3.33. The van der Waals surface area contributed by atoms with Crippen molar-refractivity contribution in [1.29, 1.82) is 5.26 Å². The standard InChI is InChI=1S/C20H20FN3O5S/c1-13-8-14(2)10-15(9-13)24(7-3-6-22)19(25)12-29-20(26)17-11-16(30(23,27)28)4-5-18(17)21/h4-5,8-11H,3,7,12H2,1-2H3,(H2,23,27,28). The maximum Gasteiger partial charge on any atom is 0.341 e. The largest absolute Gasteiger partial charge is 0.452 e. The van der Waals surface area contributed by atoms with Gasteiger partial charge in [-0.1, -0.05) is 6.07 Å². The quantitative estimate of drug-likeness (QED) is 0.666. The maximum absolute atomic E-state index is 13.9. The lowest BCUT2D eigenvalue weighted by molar-refractivity contribution is -0.121. The van der Waals surface area contributed by atoms with E-state index in [1.165, 1.54) is 4.90 Å². The van der Waals surface area contributed by atoms with Crippen molar-refractivity contribution in [3.8, 4) is 6.07 Å². The van der Waals surface area contributed by atoms with Crippen LogP contribution in [-0.4, -0.2) is 33.4 Å². The highest BCUT2D eigenvalue weighted by molar-refractivity contribution is 7.89. The summed E-state index contributed by atoms with van der Waals surface area (Å²) in [6.45, 7) is 3.05. The number of aryl methyl sites for hydroxylation is 2. The Morgan fingerprint density at radius 1 is 1.17 bits per heavy atom. The highest BCUT2D eigenvalue weighted by Gasteiger charge is 2.22. The number of anilines is 1.